The first-order chi connectivity index (χ1) is 16.7. The van der Waals surface area contributed by atoms with Crippen LogP contribution in [0.4, 0.5) is 0 Å². The largest absolute Gasteiger partial charge is 0.543 e. The Morgan fingerprint density at radius 3 is 2.14 bits per heavy atom. The molecule has 2 fully saturated rings. The van der Waals surface area contributed by atoms with Crippen LogP contribution >= 0.6 is 0 Å². The number of benzene rings is 1. The van der Waals surface area contributed by atoms with Crippen molar-refractivity contribution >= 4 is 22.4 Å². The molecule has 0 radical (unpaired) electrons. The van der Waals surface area contributed by atoms with Crippen molar-refractivity contribution in [1.82, 2.24) is 0 Å². The van der Waals surface area contributed by atoms with Crippen molar-refractivity contribution in [2.24, 2.45) is 17.3 Å². The molecule has 0 spiro atoms. The van der Waals surface area contributed by atoms with Gasteiger partial charge in [-0.3, -0.25) is 4.79 Å². The highest BCUT2D eigenvalue weighted by Crippen LogP contribution is 2.60. The summed E-state index contributed by atoms with van der Waals surface area (Å²) in [5, 5.41) is 0. The van der Waals surface area contributed by atoms with Crippen LogP contribution in [-0.2, 0) is 15.6 Å². The molecule has 196 valence electrons. The number of carbonyl (C=O) groups excluding carboxylic acids is 1. The average molecular weight is 515 g/mol. The predicted octanol–water partition coefficient (Wildman–Crippen LogP) is 8.50. The number of rotatable bonds is 10. The monoisotopic (exact) mass is 514 g/mol. The van der Waals surface area contributed by atoms with E-state index in [9.17, 15) is 4.79 Å². The number of hydrogen-bond acceptors (Lipinski definition) is 3. The van der Waals surface area contributed by atoms with Crippen LogP contribution in [0.25, 0.3) is 0 Å². The lowest BCUT2D eigenvalue weighted by molar-refractivity contribution is -0.134. The molecular formula is C30H50O3Si2. The molecule has 1 aromatic carbocycles. The summed E-state index contributed by atoms with van der Waals surface area (Å²) in [6.45, 7) is 16.0. The summed E-state index contributed by atoms with van der Waals surface area (Å²) in [6, 6.07) is 13.9. The van der Waals surface area contributed by atoms with E-state index in [-0.39, 0.29) is 11.5 Å². The van der Waals surface area contributed by atoms with Gasteiger partial charge in [0.2, 0.25) is 8.32 Å². The second-order valence-electron chi connectivity index (χ2n) is 12.0. The van der Waals surface area contributed by atoms with Gasteiger partial charge in [-0.1, -0.05) is 54.5 Å². The molecule has 2 saturated carbocycles. The Morgan fingerprint density at radius 2 is 1.54 bits per heavy atom. The van der Waals surface area contributed by atoms with Crippen molar-refractivity contribution in [3.8, 4) is 5.75 Å². The summed E-state index contributed by atoms with van der Waals surface area (Å²) in [7, 11) is -3.45. The first kappa shape index (κ1) is 27.1. The van der Waals surface area contributed by atoms with E-state index < -0.39 is 16.6 Å². The van der Waals surface area contributed by atoms with E-state index in [1.54, 1.807) is 5.56 Å². The maximum absolute atomic E-state index is 13.8. The highest BCUT2D eigenvalue weighted by molar-refractivity contribution is 6.74. The fourth-order valence-electron chi connectivity index (χ4n) is 8.01. The second kappa shape index (κ2) is 10.5. The number of Topliss-reactive ketones (excluding diaryl/α,β-unsaturated/α-hetero) is 1. The van der Waals surface area contributed by atoms with Crippen molar-refractivity contribution in [3.63, 3.8) is 0 Å². The minimum Gasteiger partial charge on any atom is -0.543 e. The van der Waals surface area contributed by atoms with Crippen LogP contribution in [0.2, 0.25) is 36.3 Å². The Kier molecular flexibility index (Phi) is 8.10. The average Bonchev–Trinajstić information content (AvgIpc) is 3.15. The van der Waals surface area contributed by atoms with Crippen molar-refractivity contribution in [2.75, 3.05) is 0 Å². The highest BCUT2D eigenvalue weighted by atomic mass is 28.4. The fraction of sp³-hybridized carbons (Fsp3) is 0.767. The number of carbonyl (C=O) groups is 1. The van der Waals surface area contributed by atoms with Gasteiger partial charge in [0.15, 0.2) is 14.1 Å². The second-order valence-corrected chi connectivity index (χ2v) is 21.4. The van der Waals surface area contributed by atoms with E-state index >= 15 is 0 Å². The molecule has 0 heterocycles. The molecule has 0 aliphatic heterocycles. The Labute approximate surface area is 217 Å². The van der Waals surface area contributed by atoms with Crippen molar-refractivity contribution in [2.45, 2.75) is 129 Å². The SMILES string of the molecule is CC[Si](CC)(CC)Oc1ccc2c(c1)CC[C@@H]1[C@@H]2CC[C@]2(C)C(=O)[C@H](O[Si](CC)(CC)CC)C[C@@H]12. The molecule has 5 atom stereocenters. The summed E-state index contributed by atoms with van der Waals surface area (Å²) in [6.07, 6.45) is 5.29. The number of fused-ring (bicyclic) bond motifs is 5. The Bertz CT molecular complexity index is 890. The van der Waals surface area contributed by atoms with E-state index in [4.69, 9.17) is 8.85 Å². The number of ketones is 1. The molecule has 5 heteroatoms. The van der Waals surface area contributed by atoms with Gasteiger partial charge in [-0.25, -0.2) is 0 Å². The van der Waals surface area contributed by atoms with Crippen LogP contribution in [0.5, 0.6) is 5.75 Å². The minimum atomic E-state index is -1.79. The lowest BCUT2D eigenvalue weighted by atomic mass is 9.55. The zero-order valence-electron chi connectivity index (χ0n) is 23.5. The molecule has 4 rings (SSSR count). The first-order valence-corrected chi connectivity index (χ1v) is 19.8. The molecule has 0 unspecified atom stereocenters. The van der Waals surface area contributed by atoms with Crippen LogP contribution in [0.1, 0.15) is 91.2 Å². The molecule has 3 aliphatic rings. The van der Waals surface area contributed by atoms with Crippen LogP contribution in [0.15, 0.2) is 18.2 Å². The normalized spacial score (nSPS) is 30.5. The van der Waals surface area contributed by atoms with Gasteiger partial charge in [-0.15, -0.1) is 0 Å². The molecule has 0 N–H and O–H groups in total. The Balaban J connectivity index is 1.55. The molecule has 0 bridgehead atoms. The maximum Gasteiger partial charge on any atom is 0.250 e. The molecule has 0 amide bonds. The van der Waals surface area contributed by atoms with Crippen LogP contribution < -0.4 is 4.43 Å². The summed E-state index contributed by atoms with van der Waals surface area (Å²) < 4.78 is 13.6. The molecule has 35 heavy (non-hydrogen) atoms. The van der Waals surface area contributed by atoms with Crippen LogP contribution in [0, 0.1) is 17.3 Å². The van der Waals surface area contributed by atoms with Gasteiger partial charge >= 0.3 is 0 Å². The lowest BCUT2D eigenvalue weighted by Crippen LogP contribution is -2.44. The smallest absolute Gasteiger partial charge is 0.250 e. The molecule has 3 aliphatic carbocycles. The van der Waals surface area contributed by atoms with E-state index in [2.05, 4.69) is 66.7 Å². The molecule has 0 aromatic heterocycles. The summed E-state index contributed by atoms with van der Waals surface area (Å²) >= 11 is 0. The fourth-order valence-corrected chi connectivity index (χ4v) is 13.4. The van der Waals surface area contributed by atoms with Gasteiger partial charge in [-0.05, 0) is 109 Å². The van der Waals surface area contributed by atoms with Gasteiger partial charge in [0, 0.05) is 5.41 Å². The molecule has 3 nitrogen and oxygen atoms in total. The van der Waals surface area contributed by atoms with Gasteiger partial charge in [-0.2, -0.15) is 0 Å². The lowest BCUT2D eigenvalue weighted by Gasteiger charge is -2.48. The van der Waals surface area contributed by atoms with Crippen molar-refractivity contribution in [3.05, 3.63) is 29.3 Å². The van der Waals surface area contributed by atoms with E-state index in [0.29, 0.717) is 23.5 Å². The van der Waals surface area contributed by atoms with E-state index in [0.717, 1.165) is 49.6 Å². The topological polar surface area (TPSA) is 35.5 Å². The first-order valence-electron chi connectivity index (χ1n) is 14.8. The minimum absolute atomic E-state index is 0.150. The number of aryl methyl sites for hydroxylation is 1. The summed E-state index contributed by atoms with van der Waals surface area (Å²) in [5.74, 6) is 3.21. The van der Waals surface area contributed by atoms with Gasteiger partial charge in [0.25, 0.3) is 0 Å². The quantitative estimate of drug-likeness (QED) is 0.294. The third-order valence-electron chi connectivity index (χ3n) is 11.0. The van der Waals surface area contributed by atoms with Gasteiger partial charge in [0.05, 0.1) is 0 Å². The third kappa shape index (κ3) is 4.63. The number of hydrogen-bond donors (Lipinski definition) is 0. The van der Waals surface area contributed by atoms with Crippen molar-refractivity contribution in [1.29, 1.82) is 0 Å². The van der Waals surface area contributed by atoms with E-state index in [1.165, 1.54) is 30.1 Å². The maximum atomic E-state index is 13.8. The van der Waals surface area contributed by atoms with Crippen LogP contribution in [0.3, 0.4) is 0 Å². The van der Waals surface area contributed by atoms with Crippen molar-refractivity contribution < 1.29 is 13.6 Å². The summed E-state index contributed by atoms with van der Waals surface area (Å²) in [5.41, 5.74) is 2.87. The molecule has 1 aromatic rings. The Hall–Kier alpha value is -0.916. The Morgan fingerprint density at radius 1 is 0.914 bits per heavy atom. The third-order valence-corrected chi connectivity index (χ3v) is 20.2. The van der Waals surface area contributed by atoms with Crippen LogP contribution in [-0.4, -0.2) is 28.5 Å². The van der Waals surface area contributed by atoms with E-state index in [1.807, 2.05) is 0 Å². The highest BCUT2D eigenvalue weighted by Gasteiger charge is 2.59. The zero-order chi connectivity index (χ0) is 25.4. The predicted molar refractivity (Wildman–Crippen MR) is 151 cm³/mol. The standard InChI is InChI=1S/C30H50O3Si2/c1-8-34(9-2,10-3)32-23-15-17-24-22(20-23)14-16-26-25(24)18-19-30(7)27(26)21-28(29(30)31)33-35(11-4,12-5)13-6/h15,17,20,25-28H,8-14,16,18-19,21H2,1-7H3/t25-,26-,27+,28-,30+/m1/s1. The van der Waals surface area contributed by atoms with Gasteiger partial charge in [0.1, 0.15) is 11.9 Å². The summed E-state index contributed by atoms with van der Waals surface area (Å²) in [4.78, 5) is 13.8. The zero-order valence-corrected chi connectivity index (χ0v) is 25.5. The molecular weight excluding hydrogens is 464 g/mol. The molecule has 0 saturated heterocycles. The van der Waals surface area contributed by atoms with Gasteiger partial charge < -0.3 is 8.85 Å².